The van der Waals surface area contributed by atoms with Gasteiger partial charge in [0, 0.05) is 0 Å². The summed E-state index contributed by atoms with van der Waals surface area (Å²) in [6.07, 6.45) is 1.42. The van der Waals surface area contributed by atoms with Gasteiger partial charge >= 0.3 is 11.8 Å². The first kappa shape index (κ1) is 19.6. The predicted molar refractivity (Wildman–Crippen MR) is 110 cm³/mol. The van der Waals surface area contributed by atoms with Crippen LogP contribution in [0.15, 0.2) is 84.0 Å². The summed E-state index contributed by atoms with van der Waals surface area (Å²) in [7, 11) is 1.48. The van der Waals surface area contributed by atoms with Gasteiger partial charge < -0.3 is 14.8 Å². The molecule has 0 fully saturated rings. The SMILES string of the molecule is COc1ccccc1NC(=O)C(=O)N/N=C\c1cccc(Oc2ccccc2)c1. The molecule has 0 saturated heterocycles. The van der Waals surface area contributed by atoms with Crippen molar-refractivity contribution in [3.8, 4) is 17.2 Å². The number of hydrazone groups is 1. The van der Waals surface area contributed by atoms with Gasteiger partial charge in [-0.3, -0.25) is 9.59 Å². The zero-order valence-electron chi connectivity index (χ0n) is 15.7. The first-order chi connectivity index (χ1) is 14.2. The van der Waals surface area contributed by atoms with Gasteiger partial charge in [0.1, 0.15) is 17.2 Å². The number of amides is 2. The molecule has 0 atom stereocenters. The summed E-state index contributed by atoms with van der Waals surface area (Å²) in [5, 5.41) is 6.30. The van der Waals surface area contributed by atoms with Gasteiger partial charge in [-0.15, -0.1) is 0 Å². The van der Waals surface area contributed by atoms with Gasteiger partial charge in [-0.25, -0.2) is 5.43 Å². The number of hydrogen-bond donors (Lipinski definition) is 2. The smallest absolute Gasteiger partial charge is 0.329 e. The third-order valence-electron chi connectivity index (χ3n) is 3.78. The Hall–Kier alpha value is -4.13. The van der Waals surface area contributed by atoms with Crippen molar-refractivity contribution in [2.75, 3.05) is 12.4 Å². The fourth-order valence-electron chi connectivity index (χ4n) is 2.43. The van der Waals surface area contributed by atoms with E-state index in [4.69, 9.17) is 9.47 Å². The molecule has 3 aromatic rings. The molecule has 146 valence electrons. The van der Waals surface area contributed by atoms with Crippen LogP contribution in [0.5, 0.6) is 17.2 Å². The minimum atomic E-state index is -0.899. The second-order valence-electron chi connectivity index (χ2n) is 5.84. The highest BCUT2D eigenvalue weighted by Crippen LogP contribution is 2.23. The molecule has 3 aromatic carbocycles. The Balaban J connectivity index is 1.57. The van der Waals surface area contributed by atoms with Crippen LogP contribution in [0.3, 0.4) is 0 Å². The van der Waals surface area contributed by atoms with Gasteiger partial charge in [-0.05, 0) is 42.0 Å². The molecule has 0 aliphatic heterocycles. The lowest BCUT2D eigenvalue weighted by Crippen LogP contribution is -2.32. The van der Waals surface area contributed by atoms with E-state index in [1.54, 1.807) is 42.5 Å². The quantitative estimate of drug-likeness (QED) is 0.383. The van der Waals surface area contributed by atoms with Crippen molar-refractivity contribution in [2.45, 2.75) is 0 Å². The van der Waals surface area contributed by atoms with Gasteiger partial charge in [-0.2, -0.15) is 5.10 Å². The molecule has 0 spiro atoms. The van der Waals surface area contributed by atoms with Crippen LogP contribution >= 0.6 is 0 Å². The topological polar surface area (TPSA) is 89.0 Å². The van der Waals surface area contributed by atoms with Crippen LogP contribution in [0.4, 0.5) is 5.69 Å². The van der Waals surface area contributed by atoms with Crippen molar-refractivity contribution in [1.29, 1.82) is 0 Å². The standard InChI is InChI=1S/C22H19N3O4/c1-28-20-13-6-5-12-19(20)24-21(26)22(27)25-23-15-16-8-7-11-18(14-16)29-17-9-3-2-4-10-17/h2-15H,1H3,(H,24,26)(H,25,27)/b23-15-. The first-order valence-corrected chi connectivity index (χ1v) is 8.76. The molecule has 0 saturated carbocycles. The molecule has 0 aliphatic carbocycles. The number of para-hydroxylation sites is 3. The Kier molecular flexibility index (Phi) is 6.57. The highest BCUT2D eigenvalue weighted by molar-refractivity contribution is 6.39. The van der Waals surface area contributed by atoms with Gasteiger partial charge in [0.05, 0.1) is 19.0 Å². The second-order valence-corrected chi connectivity index (χ2v) is 5.84. The predicted octanol–water partition coefficient (Wildman–Crippen LogP) is 3.58. The minimum Gasteiger partial charge on any atom is -0.495 e. The van der Waals surface area contributed by atoms with Crippen molar-refractivity contribution >= 4 is 23.7 Å². The van der Waals surface area contributed by atoms with E-state index in [0.29, 0.717) is 28.5 Å². The number of benzene rings is 3. The van der Waals surface area contributed by atoms with E-state index < -0.39 is 11.8 Å². The van der Waals surface area contributed by atoms with E-state index in [1.165, 1.54) is 13.3 Å². The molecule has 2 N–H and O–H groups in total. The highest BCUT2D eigenvalue weighted by Gasteiger charge is 2.14. The Morgan fingerprint density at radius 3 is 2.38 bits per heavy atom. The van der Waals surface area contributed by atoms with Crippen molar-refractivity contribution in [3.05, 3.63) is 84.4 Å². The summed E-state index contributed by atoms with van der Waals surface area (Å²) in [5.74, 6) is 0.0346. The molecule has 0 heterocycles. The van der Waals surface area contributed by atoms with E-state index in [0.717, 1.165) is 0 Å². The average molecular weight is 389 g/mol. The van der Waals surface area contributed by atoms with Crippen molar-refractivity contribution < 1.29 is 19.1 Å². The van der Waals surface area contributed by atoms with E-state index in [1.807, 2.05) is 36.4 Å². The second kappa shape index (κ2) is 9.70. The number of carbonyl (C=O) groups excluding carboxylic acids is 2. The summed E-state index contributed by atoms with van der Waals surface area (Å²) in [5.41, 5.74) is 3.29. The Morgan fingerprint density at radius 2 is 1.59 bits per heavy atom. The lowest BCUT2D eigenvalue weighted by atomic mass is 10.2. The Morgan fingerprint density at radius 1 is 0.862 bits per heavy atom. The monoisotopic (exact) mass is 389 g/mol. The fraction of sp³-hybridized carbons (Fsp3) is 0.0455. The molecule has 7 heteroatoms. The number of hydrogen-bond acceptors (Lipinski definition) is 5. The minimum absolute atomic E-state index is 0.393. The molecule has 7 nitrogen and oxygen atoms in total. The van der Waals surface area contributed by atoms with E-state index in [-0.39, 0.29) is 0 Å². The molecule has 0 aromatic heterocycles. The van der Waals surface area contributed by atoms with Gasteiger partial charge in [0.2, 0.25) is 0 Å². The fourth-order valence-corrected chi connectivity index (χ4v) is 2.43. The van der Waals surface area contributed by atoms with Crippen LogP contribution in [0.2, 0.25) is 0 Å². The third kappa shape index (κ3) is 5.67. The van der Waals surface area contributed by atoms with Gasteiger partial charge in [0.15, 0.2) is 0 Å². The summed E-state index contributed by atoms with van der Waals surface area (Å²) in [6.45, 7) is 0. The molecular formula is C22H19N3O4. The van der Waals surface area contributed by atoms with Crippen molar-refractivity contribution in [3.63, 3.8) is 0 Å². The maximum atomic E-state index is 12.0. The maximum Gasteiger partial charge on any atom is 0.329 e. The van der Waals surface area contributed by atoms with Crippen LogP contribution in [-0.2, 0) is 9.59 Å². The van der Waals surface area contributed by atoms with E-state index in [2.05, 4.69) is 15.8 Å². The number of rotatable bonds is 6. The summed E-state index contributed by atoms with van der Waals surface area (Å²) < 4.78 is 10.9. The van der Waals surface area contributed by atoms with Gasteiger partial charge in [0.25, 0.3) is 0 Å². The van der Waals surface area contributed by atoms with Crippen LogP contribution < -0.4 is 20.2 Å². The molecule has 29 heavy (non-hydrogen) atoms. The number of ether oxygens (including phenoxy) is 2. The summed E-state index contributed by atoms with van der Waals surface area (Å²) in [4.78, 5) is 24.0. The molecule has 0 bridgehead atoms. The van der Waals surface area contributed by atoms with Crippen LogP contribution in [0.25, 0.3) is 0 Å². The van der Waals surface area contributed by atoms with Crippen LogP contribution in [0.1, 0.15) is 5.56 Å². The molecule has 2 amide bonds. The lowest BCUT2D eigenvalue weighted by molar-refractivity contribution is -0.136. The van der Waals surface area contributed by atoms with Crippen molar-refractivity contribution in [2.24, 2.45) is 5.10 Å². The van der Waals surface area contributed by atoms with E-state index >= 15 is 0 Å². The average Bonchev–Trinajstić information content (AvgIpc) is 2.75. The first-order valence-electron chi connectivity index (χ1n) is 8.76. The molecule has 0 unspecified atom stereocenters. The Labute approximate surface area is 168 Å². The number of nitrogens with zero attached hydrogens (tertiary/aromatic N) is 1. The molecule has 0 radical (unpaired) electrons. The number of nitrogens with one attached hydrogen (secondary N) is 2. The largest absolute Gasteiger partial charge is 0.495 e. The summed E-state index contributed by atoms with van der Waals surface area (Å²) >= 11 is 0. The van der Waals surface area contributed by atoms with Gasteiger partial charge in [-0.1, -0.05) is 42.5 Å². The zero-order valence-corrected chi connectivity index (χ0v) is 15.7. The third-order valence-corrected chi connectivity index (χ3v) is 3.78. The number of anilines is 1. The normalized spacial score (nSPS) is 10.4. The van der Waals surface area contributed by atoms with Crippen LogP contribution in [0, 0.1) is 0 Å². The molecule has 3 rings (SSSR count). The number of methoxy groups -OCH3 is 1. The van der Waals surface area contributed by atoms with Crippen molar-refractivity contribution in [1.82, 2.24) is 5.43 Å². The number of carbonyl (C=O) groups is 2. The maximum absolute atomic E-state index is 12.0. The van der Waals surface area contributed by atoms with E-state index in [9.17, 15) is 9.59 Å². The zero-order chi connectivity index (χ0) is 20.5. The highest BCUT2D eigenvalue weighted by atomic mass is 16.5. The molecular weight excluding hydrogens is 370 g/mol. The lowest BCUT2D eigenvalue weighted by Gasteiger charge is -2.08. The van der Waals surface area contributed by atoms with Crippen LogP contribution in [-0.4, -0.2) is 25.1 Å². The Bertz CT molecular complexity index is 1020. The molecule has 0 aliphatic rings. The summed E-state index contributed by atoms with van der Waals surface area (Å²) in [6, 6.07) is 23.3.